The van der Waals surface area contributed by atoms with Crippen molar-refractivity contribution < 1.29 is 9.67 Å². The summed E-state index contributed by atoms with van der Waals surface area (Å²) in [5, 5.41) is 11.6. The normalized spacial score (nSPS) is 11.3. The number of hydrogen-bond acceptors (Lipinski definition) is 2. The average Bonchev–Trinajstić information content (AvgIpc) is 2.38. The van der Waals surface area contributed by atoms with Crippen LogP contribution in [0.2, 0.25) is 0 Å². The van der Waals surface area contributed by atoms with Gasteiger partial charge in [-0.15, -0.1) is 24.0 Å². The SMILES string of the molecule is C[n+]1cccc(/C=C/C([O-])=Nc2ccccc2)c1.I. The van der Waals surface area contributed by atoms with Crippen LogP contribution in [0.15, 0.2) is 65.9 Å². The van der Waals surface area contributed by atoms with E-state index in [1.54, 1.807) is 18.2 Å². The van der Waals surface area contributed by atoms with Gasteiger partial charge in [-0.05, 0) is 30.2 Å². The molecule has 0 radical (unpaired) electrons. The number of pyridine rings is 1. The number of hydrogen-bond donors (Lipinski definition) is 0. The lowest BCUT2D eigenvalue weighted by atomic mass is 10.2. The first-order valence-electron chi connectivity index (χ1n) is 5.68. The highest BCUT2D eigenvalue weighted by atomic mass is 127. The fraction of sp³-hybridized carbons (Fsp3) is 0.0667. The zero-order valence-corrected chi connectivity index (χ0v) is 12.9. The van der Waals surface area contributed by atoms with Gasteiger partial charge in [-0.3, -0.25) is 4.99 Å². The molecule has 0 saturated carbocycles. The van der Waals surface area contributed by atoms with Gasteiger partial charge in [0.1, 0.15) is 7.05 Å². The third-order valence-corrected chi connectivity index (χ3v) is 2.38. The van der Waals surface area contributed by atoms with Crippen LogP contribution >= 0.6 is 24.0 Å². The Labute approximate surface area is 130 Å². The minimum atomic E-state index is -0.257. The summed E-state index contributed by atoms with van der Waals surface area (Å²) < 4.78 is 1.93. The van der Waals surface area contributed by atoms with E-state index in [1.807, 2.05) is 54.3 Å². The van der Waals surface area contributed by atoms with Crippen molar-refractivity contribution in [3.63, 3.8) is 0 Å². The maximum absolute atomic E-state index is 11.6. The Morgan fingerprint density at radius 1 is 1.16 bits per heavy atom. The number of benzene rings is 1. The first-order valence-corrected chi connectivity index (χ1v) is 5.68. The predicted molar refractivity (Wildman–Crippen MR) is 85.6 cm³/mol. The zero-order chi connectivity index (χ0) is 12.8. The molecule has 3 nitrogen and oxygen atoms in total. The number of halogens is 1. The van der Waals surface area contributed by atoms with Crippen LogP contribution in [-0.2, 0) is 7.05 Å². The van der Waals surface area contributed by atoms with Gasteiger partial charge < -0.3 is 5.11 Å². The molecule has 0 fully saturated rings. The highest BCUT2D eigenvalue weighted by molar-refractivity contribution is 14.0. The maximum Gasteiger partial charge on any atom is 0.175 e. The van der Waals surface area contributed by atoms with Crippen molar-refractivity contribution >= 4 is 41.6 Å². The largest absolute Gasteiger partial charge is 0.859 e. The number of nitrogens with zero attached hydrogens (tertiary/aromatic N) is 2. The van der Waals surface area contributed by atoms with Crippen LogP contribution in [0.1, 0.15) is 5.56 Å². The van der Waals surface area contributed by atoms with E-state index >= 15 is 0 Å². The molecule has 0 aliphatic carbocycles. The molecule has 19 heavy (non-hydrogen) atoms. The van der Waals surface area contributed by atoms with Crippen LogP contribution in [0, 0.1) is 0 Å². The summed E-state index contributed by atoms with van der Waals surface area (Å²) in [7, 11) is 1.94. The van der Waals surface area contributed by atoms with Gasteiger partial charge in [-0.1, -0.05) is 24.3 Å². The second-order valence-electron chi connectivity index (χ2n) is 3.92. The summed E-state index contributed by atoms with van der Waals surface area (Å²) >= 11 is 0. The van der Waals surface area contributed by atoms with Crippen LogP contribution in [-0.4, -0.2) is 5.90 Å². The van der Waals surface area contributed by atoms with Crippen molar-refractivity contribution in [3.05, 3.63) is 66.5 Å². The van der Waals surface area contributed by atoms with Gasteiger partial charge in [0.05, 0.1) is 5.69 Å². The highest BCUT2D eigenvalue weighted by Crippen LogP contribution is 2.09. The third-order valence-electron chi connectivity index (χ3n) is 2.38. The quantitative estimate of drug-likeness (QED) is 0.355. The Morgan fingerprint density at radius 2 is 1.89 bits per heavy atom. The van der Waals surface area contributed by atoms with Crippen molar-refractivity contribution in [1.29, 1.82) is 0 Å². The molecule has 0 bridgehead atoms. The molecule has 0 atom stereocenters. The second-order valence-corrected chi connectivity index (χ2v) is 3.92. The molecule has 1 aromatic carbocycles. The van der Waals surface area contributed by atoms with E-state index in [-0.39, 0.29) is 29.9 Å². The van der Waals surface area contributed by atoms with Crippen molar-refractivity contribution in [3.8, 4) is 0 Å². The molecule has 4 heteroatoms. The summed E-state index contributed by atoms with van der Waals surface area (Å²) in [5.41, 5.74) is 1.64. The van der Waals surface area contributed by atoms with Crippen molar-refractivity contribution in [2.24, 2.45) is 12.0 Å². The van der Waals surface area contributed by atoms with Gasteiger partial charge >= 0.3 is 0 Å². The minimum Gasteiger partial charge on any atom is -0.859 e. The Balaban J connectivity index is 0.00000180. The van der Waals surface area contributed by atoms with E-state index in [2.05, 4.69) is 4.99 Å². The molecule has 0 spiro atoms. The molecular formula is C15H15IN2O. The van der Waals surface area contributed by atoms with Crippen LogP contribution in [0.5, 0.6) is 0 Å². The molecule has 98 valence electrons. The fourth-order valence-electron chi connectivity index (χ4n) is 1.54. The van der Waals surface area contributed by atoms with Crippen molar-refractivity contribution in [1.82, 2.24) is 0 Å². The third kappa shape index (κ3) is 5.21. The van der Waals surface area contributed by atoms with E-state index in [9.17, 15) is 5.11 Å². The van der Waals surface area contributed by atoms with Gasteiger partial charge in [0, 0.05) is 11.6 Å². The molecule has 0 aliphatic rings. The van der Waals surface area contributed by atoms with Crippen LogP contribution in [0.25, 0.3) is 6.08 Å². The van der Waals surface area contributed by atoms with Crippen LogP contribution in [0.3, 0.4) is 0 Å². The van der Waals surface area contributed by atoms with E-state index in [1.165, 1.54) is 6.08 Å². The van der Waals surface area contributed by atoms with E-state index in [0.29, 0.717) is 5.69 Å². The standard InChI is InChI=1S/C15H14N2O.HI/c1-17-11-5-6-13(12-17)9-10-15(18)16-14-7-3-2-4-8-14;/h2-12H,1H3;1H/b10-9+;. The lowest BCUT2D eigenvalue weighted by molar-refractivity contribution is -0.671. The Morgan fingerprint density at radius 3 is 2.58 bits per heavy atom. The van der Waals surface area contributed by atoms with E-state index in [4.69, 9.17) is 0 Å². The monoisotopic (exact) mass is 366 g/mol. The van der Waals surface area contributed by atoms with Crippen molar-refractivity contribution in [2.75, 3.05) is 0 Å². The first kappa shape index (κ1) is 15.4. The minimum absolute atomic E-state index is 0. The lowest BCUT2D eigenvalue weighted by Crippen LogP contribution is -2.26. The number of para-hydroxylation sites is 1. The van der Waals surface area contributed by atoms with Gasteiger partial charge in [0.25, 0.3) is 0 Å². The van der Waals surface area contributed by atoms with Gasteiger partial charge in [-0.25, -0.2) is 4.57 Å². The van der Waals surface area contributed by atoms with Gasteiger partial charge in [-0.2, -0.15) is 0 Å². The number of aliphatic imine (C=N–C) groups is 1. The Hall–Kier alpha value is -1.69. The summed E-state index contributed by atoms with van der Waals surface area (Å²) in [5.74, 6) is -0.257. The summed E-state index contributed by atoms with van der Waals surface area (Å²) in [4.78, 5) is 3.96. The topological polar surface area (TPSA) is 39.3 Å². The van der Waals surface area contributed by atoms with E-state index < -0.39 is 0 Å². The molecule has 0 saturated heterocycles. The molecule has 2 aromatic rings. The number of aromatic nitrogens is 1. The molecule has 2 rings (SSSR count). The van der Waals surface area contributed by atoms with Gasteiger partial charge in [0.15, 0.2) is 12.4 Å². The summed E-state index contributed by atoms with van der Waals surface area (Å²) in [6, 6.07) is 13.1. The lowest BCUT2D eigenvalue weighted by Gasteiger charge is -2.04. The summed E-state index contributed by atoms with van der Waals surface area (Å²) in [6.45, 7) is 0. The molecule has 1 aromatic heterocycles. The molecule has 1 heterocycles. The molecule has 0 unspecified atom stereocenters. The average molecular weight is 366 g/mol. The summed E-state index contributed by atoms with van der Waals surface area (Å²) in [6.07, 6.45) is 7.11. The van der Waals surface area contributed by atoms with Crippen LogP contribution < -0.4 is 9.67 Å². The highest BCUT2D eigenvalue weighted by Gasteiger charge is 1.92. The van der Waals surface area contributed by atoms with Crippen LogP contribution in [0.4, 0.5) is 5.69 Å². The molecule has 0 aliphatic heterocycles. The molecular weight excluding hydrogens is 351 g/mol. The van der Waals surface area contributed by atoms with Gasteiger partial charge in [0.2, 0.25) is 0 Å². The number of rotatable bonds is 3. The van der Waals surface area contributed by atoms with Crippen molar-refractivity contribution in [2.45, 2.75) is 0 Å². The second kappa shape index (κ2) is 7.68. The maximum atomic E-state index is 11.6. The molecule has 0 N–H and O–H groups in total. The molecule has 0 amide bonds. The number of aryl methyl sites for hydroxylation is 1. The first-order chi connectivity index (χ1) is 8.74. The zero-order valence-electron chi connectivity index (χ0n) is 10.6. The Kier molecular flexibility index (Phi) is 6.21. The fourth-order valence-corrected chi connectivity index (χ4v) is 1.54. The Bertz CT molecular complexity index is 580. The van der Waals surface area contributed by atoms with E-state index in [0.717, 1.165) is 5.56 Å². The predicted octanol–water partition coefficient (Wildman–Crippen LogP) is 2.23. The smallest absolute Gasteiger partial charge is 0.175 e.